The van der Waals surface area contributed by atoms with E-state index in [0.717, 1.165) is 5.75 Å². The Kier molecular flexibility index (Phi) is 3.96. The van der Waals surface area contributed by atoms with Gasteiger partial charge in [-0.05, 0) is 30.5 Å². The van der Waals surface area contributed by atoms with Crippen molar-refractivity contribution in [3.63, 3.8) is 0 Å². The second-order valence-corrected chi connectivity index (χ2v) is 3.88. The summed E-state index contributed by atoms with van der Waals surface area (Å²) in [6, 6.07) is 8.00. The fourth-order valence-electron chi connectivity index (χ4n) is 1.17. The largest absolute Gasteiger partial charge is 0.491 e. The van der Waals surface area contributed by atoms with Gasteiger partial charge >= 0.3 is 0 Å². The Morgan fingerprint density at radius 1 is 1.14 bits per heavy atom. The summed E-state index contributed by atoms with van der Waals surface area (Å²) in [7, 11) is 0. The van der Waals surface area contributed by atoms with Gasteiger partial charge in [-0.15, -0.1) is 0 Å². The Labute approximate surface area is 85.5 Å². The summed E-state index contributed by atoms with van der Waals surface area (Å²) in [4.78, 5) is 0. The van der Waals surface area contributed by atoms with Crippen LogP contribution in [0.1, 0.15) is 32.3 Å². The third-order valence-corrected chi connectivity index (χ3v) is 2.04. The number of benzene rings is 1. The highest BCUT2D eigenvalue weighted by Gasteiger charge is 2.00. The number of ether oxygens (including phenoxy) is 1. The zero-order chi connectivity index (χ0) is 10.6. The Balaban J connectivity index is 2.55. The standard InChI is InChI=1S/C12H18O2/c1-9(2)11-4-6-12(7-5-11)14-8-10(3)13/h4-7,9-10,13H,8H2,1-3H3/t10-/m0/s1. The van der Waals surface area contributed by atoms with Gasteiger partial charge < -0.3 is 9.84 Å². The number of aliphatic hydroxyl groups is 1. The molecule has 1 N–H and O–H groups in total. The van der Waals surface area contributed by atoms with E-state index < -0.39 is 6.10 Å². The van der Waals surface area contributed by atoms with Crippen LogP contribution in [0.2, 0.25) is 0 Å². The van der Waals surface area contributed by atoms with Crippen molar-refractivity contribution in [2.24, 2.45) is 0 Å². The van der Waals surface area contributed by atoms with Crippen LogP contribution in [0.5, 0.6) is 5.75 Å². The first-order valence-electron chi connectivity index (χ1n) is 5.00. The maximum atomic E-state index is 9.03. The van der Waals surface area contributed by atoms with Crippen LogP contribution in [-0.4, -0.2) is 17.8 Å². The van der Waals surface area contributed by atoms with Crippen LogP contribution in [-0.2, 0) is 0 Å². The minimum Gasteiger partial charge on any atom is -0.491 e. The zero-order valence-corrected chi connectivity index (χ0v) is 9.03. The topological polar surface area (TPSA) is 29.5 Å². The summed E-state index contributed by atoms with van der Waals surface area (Å²) in [6.07, 6.45) is -0.417. The average molecular weight is 194 g/mol. The first-order chi connectivity index (χ1) is 6.59. The molecule has 1 rings (SSSR count). The lowest BCUT2D eigenvalue weighted by molar-refractivity contribution is 0.122. The van der Waals surface area contributed by atoms with Crippen LogP contribution in [0.15, 0.2) is 24.3 Å². The van der Waals surface area contributed by atoms with Gasteiger partial charge in [0.15, 0.2) is 0 Å². The molecule has 0 bridgehead atoms. The molecule has 0 saturated heterocycles. The van der Waals surface area contributed by atoms with Crippen LogP contribution in [0.4, 0.5) is 0 Å². The summed E-state index contributed by atoms with van der Waals surface area (Å²) < 4.78 is 5.35. The number of hydrogen-bond donors (Lipinski definition) is 1. The predicted molar refractivity (Wildman–Crippen MR) is 57.7 cm³/mol. The average Bonchev–Trinajstić information content (AvgIpc) is 2.15. The van der Waals surface area contributed by atoms with Crippen LogP contribution < -0.4 is 4.74 Å². The monoisotopic (exact) mass is 194 g/mol. The summed E-state index contributed by atoms with van der Waals surface area (Å²) >= 11 is 0. The van der Waals surface area contributed by atoms with Gasteiger partial charge in [0.2, 0.25) is 0 Å². The second-order valence-electron chi connectivity index (χ2n) is 3.88. The summed E-state index contributed by atoms with van der Waals surface area (Å²) in [5.74, 6) is 1.36. The molecule has 0 radical (unpaired) electrons. The molecule has 0 fully saturated rings. The molecule has 0 spiro atoms. The molecule has 0 heterocycles. The maximum absolute atomic E-state index is 9.03. The molecule has 1 aromatic carbocycles. The normalized spacial score (nSPS) is 12.9. The minimum atomic E-state index is -0.417. The van der Waals surface area contributed by atoms with Crippen molar-refractivity contribution in [2.45, 2.75) is 32.8 Å². The lowest BCUT2D eigenvalue weighted by Gasteiger charge is -2.09. The molecule has 78 valence electrons. The van der Waals surface area contributed by atoms with Gasteiger partial charge in [0.25, 0.3) is 0 Å². The zero-order valence-electron chi connectivity index (χ0n) is 9.03. The molecular formula is C12H18O2. The fourth-order valence-corrected chi connectivity index (χ4v) is 1.17. The SMILES string of the molecule is CC(C)c1ccc(OC[C@H](C)O)cc1. The van der Waals surface area contributed by atoms with E-state index in [2.05, 4.69) is 26.0 Å². The van der Waals surface area contributed by atoms with Crippen molar-refractivity contribution < 1.29 is 9.84 Å². The maximum Gasteiger partial charge on any atom is 0.119 e. The smallest absolute Gasteiger partial charge is 0.119 e. The van der Waals surface area contributed by atoms with Crippen molar-refractivity contribution in [1.29, 1.82) is 0 Å². The van der Waals surface area contributed by atoms with Crippen molar-refractivity contribution in [1.82, 2.24) is 0 Å². The highest BCUT2D eigenvalue weighted by Crippen LogP contribution is 2.18. The van der Waals surface area contributed by atoms with Crippen molar-refractivity contribution >= 4 is 0 Å². The van der Waals surface area contributed by atoms with E-state index in [1.54, 1.807) is 6.92 Å². The van der Waals surface area contributed by atoms with E-state index in [1.807, 2.05) is 12.1 Å². The molecular weight excluding hydrogens is 176 g/mol. The molecule has 1 atom stereocenters. The Hall–Kier alpha value is -1.02. The predicted octanol–water partition coefficient (Wildman–Crippen LogP) is 2.57. The van der Waals surface area contributed by atoms with Gasteiger partial charge in [-0.25, -0.2) is 0 Å². The van der Waals surface area contributed by atoms with Gasteiger partial charge in [0, 0.05) is 0 Å². The molecule has 0 aliphatic rings. The van der Waals surface area contributed by atoms with Crippen molar-refractivity contribution in [2.75, 3.05) is 6.61 Å². The molecule has 0 aromatic heterocycles. The molecule has 0 saturated carbocycles. The molecule has 2 heteroatoms. The van der Waals surface area contributed by atoms with Gasteiger partial charge in [-0.3, -0.25) is 0 Å². The first kappa shape index (κ1) is 11.1. The number of hydrogen-bond acceptors (Lipinski definition) is 2. The van der Waals surface area contributed by atoms with Crippen molar-refractivity contribution in [3.05, 3.63) is 29.8 Å². The second kappa shape index (κ2) is 5.01. The van der Waals surface area contributed by atoms with Crippen LogP contribution in [0.25, 0.3) is 0 Å². The van der Waals surface area contributed by atoms with Gasteiger partial charge in [0.1, 0.15) is 12.4 Å². The Morgan fingerprint density at radius 2 is 1.71 bits per heavy atom. The Morgan fingerprint density at radius 3 is 2.14 bits per heavy atom. The molecule has 0 unspecified atom stereocenters. The molecule has 1 aromatic rings. The third-order valence-electron chi connectivity index (χ3n) is 2.04. The first-order valence-corrected chi connectivity index (χ1v) is 5.00. The van der Waals surface area contributed by atoms with E-state index in [4.69, 9.17) is 9.84 Å². The molecule has 0 amide bonds. The van der Waals surface area contributed by atoms with Gasteiger partial charge in [0.05, 0.1) is 6.10 Å². The quantitative estimate of drug-likeness (QED) is 0.798. The van der Waals surface area contributed by atoms with Gasteiger partial charge in [-0.1, -0.05) is 26.0 Å². The highest BCUT2D eigenvalue weighted by molar-refractivity contribution is 5.28. The third kappa shape index (κ3) is 3.38. The Bertz CT molecular complexity index is 262. The van der Waals surface area contributed by atoms with Gasteiger partial charge in [-0.2, -0.15) is 0 Å². The number of aliphatic hydroxyl groups excluding tert-OH is 1. The van der Waals surface area contributed by atoms with E-state index in [0.29, 0.717) is 12.5 Å². The lowest BCUT2D eigenvalue weighted by Crippen LogP contribution is -2.12. The lowest BCUT2D eigenvalue weighted by atomic mass is 10.0. The minimum absolute atomic E-state index is 0.348. The number of rotatable bonds is 4. The van der Waals surface area contributed by atoms with Crippen LogP contribution in [0, 0.1) is 0 Å². The van der Waals surface area contributed by atoms with E-state index >= 15 is 0 Å². The van der Waals surface area contributed by atoms with E-state index in [1.165, 1.54) is 5.56 Å². The summed E-state index contributed by atoms with van der Waals surface area (Å²) in [6.45, 7) is 6.38. The summed E-state index contributed by atoms with van der Waals surface area (Å²) in [5.41, 5.74) is 1.30. The molecule has 14 heavy (non-hydrogen) atoms. The molecule has 0 aliphatic carbocycles. The summed E-state index contributed by atoms with van der Waals surface area (Å²) in [5, 5.41) is 9.03. The highest BCUT2D eigenvalue weighted by atomic mass is 16.5. The van der Waals surface area contributed by atoms with E-state index in [9.17, 15) is 0 Å². The van der Waals surface area contributed by atoms with E-state index in [-0.39, 0.29) is 0 Å². The van der Waals surface area contributed by atoms with Crippen molar-refractivity contribution in [3.8, 4) is 5.75 Å². The molecule has 2 nitrogen and oxygen atoms in total. The molecule has 0 aliphatic heterocycles. The van der Waals surface area contributed by atoms with Crippen LogP contribution in [0.3, 0.4) is 0 Å². The van der Waals surface area contributed by atoms with Crippen LogP contribution >= 0.6 is 0 Å². The fraction of sp³-hybridized carbons (Fsp3) is 0.500.